The van der Waals surface area contributed by atoms with E-state index in [0.717, 1.165) is 10.5 Å². The molecule has 0 spiro atoms. The molecule has 1 aromatic heterocycles. The van der Waals surface area contributed by atoms with E-state index in [2.05, 4.69) is 4.98 Å². The molecule has 2 heterocycles. The number of nitrogens with zero attached hydrogens (tertiary/aromatic N) is 4. The Labute approximate surface area is 190 Å². The number of carbonyl (C=O) groups excluding carboxylic acids is 3. The zero-order valence-corrected chi connectivity index (χ0v) is 17.8. The highest BCUT2D eigenvalue weighted by Gasteiger charge is 2.44. The zero-order chi connectivity index (χ0) is 23.4. The monoisotopic (exact) mass is 440 g/mol. The second-order valence-electron chi connectivity index (χ2n) is 7.47. The lowest BCUT2D eigenvalue weighted by Gasteiger charge is -2.28. The molecule has 0 bridgehead atoms. The normalized spacial score (nSPS) is 15.3. The maximum atomic E-state index is 13.5. The number of methoxy groups -OCH3 is 1. The van der Waals surface area contributed by atoms with Gasteiger partial charge in [0, 0.05) is 24.5 Å². The summed E-state index contributed by atoms with van der Waals surface area (Å²) in [5.74, 6) is -0.796. The number of amides is 3. The van der Waals surface area contributed by atoms with Crippen LogP contribution in [0.4, 0.5) is 5.69 Å². The van der Waals surface area contributed by atoms with Crippen molar-refractivity contribution in [3.8, 4) is 11.8 Å². The highest BCUT2D eigenvalue weighted by molar-refractivity contribution is 6.23. The van der Waals surface area contributed by atoms with Gasteiger partial charge in [0.15, 0.2) is 0 Å². The van der Waals surface area contributed by atoms with E-state index in [1.54, 1.807) is 60.9 Å². The third-order valence-electron chi connectivity index (χ3n) is 5.41. The van der Waals surface area contributed by atoms with Crippen LogP contribution < -0.4 is 9.64 Å². The highest BCUT2D eigenvalue weighted by atomic mass is 16.5. The Morgan fingerprint density at radius 1 is 1.18 bits per heavy atom. The van der Waals surface area contributed by atoms with Gasteiger partial charge in [0.05, 0.1) is 30.9 Å². The number of ether oxygens (including phenoxy) is 1. The molecular formula is C25H20N4O4. The van der Waals surface area contributed by atoms with Crippen molar-refractivity contribution >= 4 is 23.4 Å². The van der Waals surface area contributed by atoms with Gasteiger partial charge in [-0.3, -0.25) is 19.4 Å². The molecule has 2 aromatic carbocycles. The molecule has 1 aliphatic rings. The van der Waals surface area contributed by atoms with E-state index in [9.17, 15) is 14.4 Å². The lowest BCUT2D eigenvalue weighted by molar-refractivity contribution is -0.122. The van der Waals surface area contributed by atoms with Gasteiger partial charge in [0.2, 0.25) is 5.91 Å². The average Bonchev–Trinajstić information content (AvgIpc) is 3.16. The second-order valence-corrected chi connectivity index (χ2v) is 7.47. The summed E-state index contributed by atoms with van der Waals surface area (Å²) in [7, 11) is 1.51. The number of benzene rings is 2. The van der Waals surface area contributed by atoms with Crippen LogP contribution in [0.5, 0.6) is 5.75 Å². The highest BCUT2D eigenvalue weighted by Crippen LogP contribution is 2.28. The molecular weight excluding hydrogens is 420 g/mol. The number of hydrogen-bond donors (Lipinski definition) is 0. The van der Waals surface area contributed by atoms with Gasteiger partial charge in [-0.15, -0.1) is 0 Å². The number of hydrogen-bond acceptors (Lipinski definition) is 6. The fraction of sp³-hybridized carbons (Fsp3) is 0.160. The third kappa shape index (κ3) is 4.43. The fourth-order valence-electron chi connectivity index (χ4n) is 3.75. The first-order valence-electron chi connectivity index (χ1n) is 10.2. The largest absolute Gasteiger partial charge is 0.497 e. The van der Waals surface area contributed by atoms with E-state index in [4.69, 9.17) is 10.00 Å². The third-order valence-corrected chi connectivity index (χ3v) is 5.41. The Bertz CT molecular complexity index is 1240. The summed E-state index contributed by atoms with van der Waals surface area (Å²) in [6.07, 6.45) is 3.09. The molecule has 0 saturated carbocycles. The molecule has 1 aliphatic heterocycles. The van der Waals surface area contributed by atoms with E-state index in [1.165, 1.54) is 24.1 Å². The lowest BCUT2D eigenvalue weighted by Crippen LogP contribution is -2.45. The standard InChI is InChI=1S/C25H20N4O4/c1-33-21-6-2-5-19(12-21)24(31)28(16-18-4-3-11-27-15-18)22-13-23(30)29(25(22)32)20-9-7-17(14-26)8-10-20/h2-12,15,22H,13,16H2,1H3. The van der Waals surface area contributed by atoms with Gasteiger partial charge < -0.3 is 9.64 Å². The van der Waals surface area contributed by atoms with Crippen LogP contribution in [0.2, 0.25) is 0 Å². The summed E-state index contributed by atoms with van der Waals surface area (Å²) in [6, 6.07) is 17.4. The molecule has 1 fully saturated rings. The second kappa shape index (κ2) is 9.32. The van der Waals surface area contributed by atoms with Gasteiger partial charge in [-0.2, -0.15) is 5.26 Å². The van der Waals surface area contributed by atoms with Gasteiger partial charge in [-0.05, 0) is 54.1 Å². The van der Waals surface area contributed by atoms with Crippen molar-refractivity contribution < 1.29 is 19.1 Å². The van der Waals surface area contributed by atoms with Crippen molar-refractivity contribution in [2.24, 2.45) is 0 Å². The molecule has 3 amide bonds. The molecule has 1 saturated heterocycles. The van der Waals surface area contributed by atoms with E-state index < -0.39 is 23.8 Å². The molecule has 33 heavy (non-hydrogen) atoms. The summed E-state index contributed by atoms with van der Waals surface area (Å²) in [4.78, 5) is 46.3. The van der Waals surface area contributed by atoms with Gasteiger partial charge in [-0.1, -0.05) is 12.1 Å². The van der Waals surface area contributed by atoms with E-state index in [-0.39, 0.29) is 13.0 Å². The molecule has 1 atom stereocenters. The van der Waals surface area contributed by atoms with Crippen molar-refractivity contribution in [2.75, 3.05) is 12.0 Å². The van der Waals surface area contributed by atoms with Gasteiger partial charge in [-0.25, -0.2) is 4.90 Å². The quantitative estimate of drug-likeness (QED) is 0.546. The summed E-state index contributed by atoms with van der Waals surface area (Å²) >= 11 is 0. The van der Waals surface area contributed by atoms with Crippen molar-refractivity contribution in [1.29, 1.82) is 5.26 Å². The number of carbonyl (C=O) groups is 3. The first-order chi connectivity index (χ1) is 16.0. The topological polar surface area (TPSA) is 104 Å². The Morgan fingerprint density at radius 3 is 2.64 bits per heavy atom. The zero-order valence-electron chi connectivity index (χ0n) is 17.8. The van der Waals surface area contributed by atoms with Crippen LogP contribution in [0.3, 0.4) is 0 Å². The maximum absolute atomic E-state index is 13.5. The fourth-order valence-corrected chi connectivity index (χ4v) is 3.75. The van der Waals surface area contributed by atoms with Crippen molar-refractivity contribution in [3.05, 3.63) is 89.7 Å². The molecule has 4 rings (SSSR count). The molecule has 164 valence electrons. The van der Waals surface area contributed by atoms with Crippen LogP contribution >= 0.6 is 0 Å². The number of imide groups is 1. The van der Waals surface area contributed by atoms with Gasteiger partial charge in [0.25, 0.3) is 11.8 Å². The van der Waals surface area contributed by atoms with E-state index in [0.29, 0.717) is 22.6 Å². The van der Waals surface area contributed by atoms with Crippen molar-refractivity contribution in [1.82, 2.24) is 9.88 Å². The number of rotatable bonds is 6. The van der Waals surface area contributed by atoms with Crippen molar-refractivity contribution in [3.63, 3.8) is 0 Å². The molecule has 8 heteroatoms. The summed E-state index contributed by atoms with van der Waals surface area (Å²) in [5.41, 5.74) is 1.85. The Balaban J connectivity index is 1.68. The first kappa shape index (κ1) is 21.7. The van der Waals surface area contributed by atoms with Gasteiger partial charge >= 0.3 is 0 Å². The minimum atomic E-state index is -0.980. The molecule has 0 N–H and O–H groups in total. The average molecular weight is 440 g/mol. The van der Waals surface area contributed by atoms with Crippen LogP contribution in [0, 0.1) is 11.3 Å². The molecule has 1 unspecified atom stereocenters. The van der Waals surface area contributed by atoms with Crippen molar-refractivity contribution in [2.45, 2.75) is 19.0 Å². The van der Waals surface area contributed by atoms with Crippen LogP contribution in [0.1, 0.15) is 27.9 Å². The predicted octanol–water partition coefficient (Wildman–Crippen LogP) is 2.94. The maximum Gasteiger partial charge on any atom is 0.257 e. The van der Waals surface area contributed by atoms with Crippen LogP contribution in [-0.4, -0.2) is 40.8 Å². The number of aromatic nitrogens is 1. The molecule has 0 radical (unpaired) electrons. The SMILES string of the molecule is COc1cccc(C(=O)N(Cc2cccnc2)C2CC(=O)N(c3ccc(C#N)cc3)C2=O)c1. The van der Waals surface area contributed by atoms with E-state index >= 15 is 0 Å². The predicted molar refractivity (Wildman–Crippen MR) is 119 cm³/mol. The minimum absolute atomic E-state index is 0.106. The first-order valence-corrected chi connectivity index (χ1v) is 10.2. The van der Waals surface area contributed by atoms with E-state index in [1.807, 2.05) is 6.07 Å². The Hall–Kier alpha value is -4.51. The molecule has 0 aliphatic carbocycles. The summed E-state index contributed by atoms with van der Waals surface area (Å²) in [5, 5.41) is 9.00. The summed E-state index contributed by atoms with van der Waals surface area (Å²) in [6.45, 7) is 0.106. The van der Waals surface area contributed by atoms with Crippen LogP contribution in [0.15, 0.2) is 73.1 Å². The van der Waals surface area contributed by atoms with Crippen LogP contribution in [-0.2, 0) is 16.1 Å². The number of anilines is 1. The van der Waals surface area contributed by atoms with Crippen LogP contribution in [0.25, 0.3) is 0 Å². The molecule has 8 nitrogen and oxygen atoms in total. The smallest absolute Gasteiger partial charge is 0.257 e. The lowest BCUT2D eigenvalue weighted by atomic mass is 10.1. The molecule has 3 aromatic rings. The minimum Gasteiger partial charge on any atom is -0.497 e. The summed E-state index contributed by atoms with van der Waals surface area (Å²) < 4.78 is 5.23. The Morgan fingerprint density at radius 2 is 1.97 bits per heavy atom. The number of pyridine rings is 1. The van der Waals surface area contributed by atoms with Gasteiger partial charge in [0.1, 0.15) is 11.8 Å². The number of nitriles is 1. The Kier molecular flexibility index (Phi) is 6.13.